The first-order valence-electron chi connectivity index (χ1n) is 5.03. The molecule has 0 spiro atoms. The highest BCUT2D eigenvalue weighted by Crippen LogP contribution is 2.19. The number of rotatable bonds is 5. The maximum absolute atomic E-state index is 5.75. The summed E-state index contributed by atoms with van der Waals surface area (Å²) in [4.78, 5) is 0. The molecule has 0 aromatic heterocycles. The van der Waals surface area contributed by atoms with E-state index in [4.69, 9.17) is 11.6 Å². The van der Waals surface area contributed by atoms with Gasteiger partial charge in [0.1, 0.15) is 16.5 Å². The largest absolute Gasteiger partial charge is 0.346 e. The Hall–Kier alpha value is 0.684. The van der Waals surface area contributed by atoms with Crippen molar-refractivity contribution in [3.05, 3.63) is 0 Å². The second-order valence-corrected chi connectivity index (χ2v) is 16.1. The Balaban J connectivity index is 4.39. The SMILES string of the molecule is C[Si](C)(C)N(CCCCl)[Si](C)(C)C. The van der Waals surface area contributed by atoms with Crippen LogP contribution >= 0.6 is 11.6 Å². The first-order chi connectivity index (χ1) is 5.69. The molecule has 0 aliphatic rings. The fourth-order valence-corrected chi connectivity index (χ4v) is 11.7. The van der Waals surface area contributed by atoms with Crippen LogP contribution in [0.4, 0.5) is 0 Å². The monoisotopic (exact) mass is 237 g/mol. The summed E-state index contributed by atoms with van der Waals surface area (Å²) in [6.45, 7) is 15.8. The third-order valence-corrected chi connectivity index (χ3v) is 10.1. The predicted octanol–water partition coefficient (Wildman–Crippen LogP) is 3.59. The molecule has 0 saturated heterocycles. The summed E-state index contributed by atoms with van der Waals surface area (Å²) < 4.78 is 2.78. The molecule has 0 bridgehead atoms. The van der Waals surface area contributed by atoms with Crippen LogP contribution in [0.25, 0.3) is 0 Å². The van der Waals surface area contributed by atoms with E-state index in [0.717, 1.165) is 12.3 Å². The summed E-state index contributed by atoms with van der Waals surface area (Å²) in [7, 11) is -2.25. The molecular weight excluding hydrogens is 214 g/mol. The van der Waals surface area contributed by atoms with Crippen LogP contribution in [0.15, 0.2) is 0 Å². The van der Waals surface area contributed by atoms with Crippen molar-refractivity contribution in [1.29, 1.82) is 0 Å². The van der Waals surface area contributed by atoms with E-state index in [9.17, 15) is 0 Å². The zero-order valence-electron chi connectivity index (χ0n) is 9.95. The van der Waals surface area contributed by atoms with Gasteiger partial charge in [0.15, 0.2) is 0 Å². The van der Waals surface area contributed by atoms with Gasteiger partial charge < -0.3 is 4.23 Å². The van der Waals surface area contributed by atoms with E-state index in [1.807, 2.05) is 0 Å². The van der Waals surface area contributed by atoms with Crippen LogP contribution in [-0.4, -0.2) is 33.1 Å². The third-order valence-electron chi connectivity index (χ3n) is 2.13. The maximum Gasteiger partial charge on any atom is 0.112 e. The topological polar surface area (TPSA) is 3.24 Å². The van der Waals surface area contributed by atoms with Crippen molar-refractivity contribution >= 4 is 28.1 Å². The summed E-state index contributed by atoms with van der Waals surface area (Å²) in [5, 5.41) is 0. The third kappa shape index (κ3) is 5.20. The van der Waals surface area contributed by atoms with Gasteiger partial charge in [0.25, 0.3) is 0 Å². The van der Waals surface area contributed by atoms with E-state index >= 15 is 0 Å². The lowest BCUT2D eigenvalue weighted by molar-refractivity contribution is 0.604. The number of alkyl halides is 1. The Bertz CT molecular complexity index is 135. The van der Waals surface area contributed by atoms with Gasteiger partial charge in [-0.1, -0.05) is 39.3 Å². The second-order valence-electron chi connectivity index (χ2n) is 5.54. The van der Waals surface area contributed by atoms with Crippen molar-refractivity contribution in [2.24, 2.45) is 0 Å². The van der Waals surface area contributed by atoms with Crippen LogP contribution < -0.4 is 0 Å². The van der Waals surface area contributed by atoms with Gasteiger partial charge in [-0.15, -0.1) is 11.6 Å². The fraction of sp³-hybridized carbons (Fsp3) is 1.00. The number of hydrogen-bond donors (Lipinski definition) is 0. The zero-order valence-corrected chi connectivity index (χ0v) is 12.7. The normalized spacial score (nSPS) is 13.8. The highest BCUT2D eigenvalue weighted by Gasteiger charge is 2.33. The molecule has 0 unspecified atom stereocenters. The van der Waals surface area contributed by atoms with Gasteiger partial charge in [0, 0.05) is 5.88 Å². The predicted molar refractivity (Wildman–Crippen MR) is 68.7 cm³/mol. The standard InChI is InChI=1S/C9H24ClNSi2/c1-12(2,3)11(9-7-8-10)13(4,5)6/h7-9H2,1-6H3. The summed E-state index contributed by atoms with van der Waals surface area (Å²) >= 11 is 5.75. The highest BCUT2D eigenvalue weighted by molar-refractivity contribution is 6.89. The molecule has 0 fully saturated rings. The molecule has 80 valence electrons. The Morgan fingerprint density at radius 1 is 0.923 bits per heavy atom. The summed E-state index contributed by atoms with van der Waals surface area (Å²) in [5.41, 5.74) is 0. The molecule has 0 aromatic rings. The molecule has 13 heavy (non-hydrogen) atoms. The van der Waals surface area contributed by atoms with Crippen LogP contribution in [0.5, 0.6) is 0 Å². The van der Waals surface area contributed by atoms with Gasteiger partial charge in [-0.25, -0.2) is 0 Å². The van der Waals surface area contributed by atoms with E-state index in [-0.39, 0.29) is 0 Å². The molecule has 0 heterocycles. The van der Waals surface area contributed by atoms with E-state index < -0.39 is 16.5 Å². The first kappa shape index (κ1) is 13.7. The smallest absolute Gasteiger partial charge is 0.112 e. The number of halogens is 1. The van der Waals surface area contributed by atoms with Crippen molar-refractivity contribution in [2.75, 3.05) is 12.4 Å². The molecule has 0 amide bonds. The molecule has 0 atom stereocenters. The van der Waals surface area contributed by atoms with Crippen LogP contribution in [0, 0.1) is 0 Å². The van der Waals surface area contributed by atoms with Crippen molar-refractivity contribution < 1.29 is 0 Å². The molecule has 0 N–H and O–H groups in total. The average Bonchev–Trinajstić information content (AvgIpc) is 1.81. The van der Waals surface area contributed by atoms with Gasteiger partial charge in [0.2, 0.25) is 0 Å². The van der Waals surface area contributed by atoms with Crippen molar-refractivity contribution in [2.45, 2.75) is 45.7 Å². The second kappa shape index (κ2) is 4.96. The number of hydrogen-bond acceptors (Lipinski definition) is 1. The molecule has 4 heteroatoms. The zero-order chi connectivity index (χ0) is 10.7. The Kier molecular flexibility index (Phi) is 5.22. The minimum absolute atomic E-state index is 0.797. The molecule has 1 nitrogen and oxygen atoms in total. The van der Waals surface area contributed by atoms with Crippen LogP contribution in [0.3, 0.4) is 0 Å². The fourth-order valence-electron chi connectivity index (χ4n) is 1.89. The molecule has 0 radical (unpaired) electrons. The maximum atomic E-state index is 5.75. The Morgan fingerprint density at radius 3 is 1.54 bits per heavy atom. The quantitative estimate of drug-likeness (QED) is 0.522. The van der Waals surface area contributed by atoms with Gasteiger partial charge in [-0.3, -0.25) is 0 Å². The molecule has 0 aliphatic heterocycles. The van der Waals surface area contributed by atoms with E-state index in [1.165, 1.54) is 6.54 Å². The van der Waals surface area contributed by atoms with Gasteiger partial charge >= 0.3 is 0 Å². The van der Waals surface area contributed by atoms with E-state index in [1.54, 1.807) is 0 Å². The van der Waals surface area contributed by atoms with Gasteiger partial charge in [0.05, 0.1) is 0 Å². The summed E-state index contributed by atoms with van der Waals surface area (Å²) in [6.07, 6.45) is 1.14. The molecule has 0 aromatic carbocycles. The minimum Gasteiger partial charge on any atom is -0.346 e. The van der Waals surface area contributed by atoms with Gasteiger partial charge in [-0.2, -0.15) is 0 Å². The number of nitrogens with zero attached hydrogens (tertiary/aromatic N) is 1. The van der Waals surface area contributed by atoms with Crippen molar-refractivity contribution in [1.82, 2.24) is 4.23 Å². The molecular formula is C9H24ClNSi2. The van der Waals surface area contributed by atoms with Crippen molar-refractivity contribution in [3.63, 3.8) is 0 Å². The van der Waals surface area contributed by atoms with Crippen LogP contribution in [-0.2, 0) is 0 Å². The summed E-state index contributed by atoms with van der Waals surface area (Å²) in [6, 6.07) is 0. The average molecular weight is 238 g/mol. The molecule has 0 rings (SSSR count). The Labute approximate surface area is 90.6 Å². The van der Waals surface area contributed by atoms with Crippen molar-refractivity contribution in [3.8, 4) is 0 Å². The summed E-state index contributed by atoms with van der Waals surface area (Å²) in [5.74, 6) is 0.797. The Morgan fingerprint density at radius 2 is 1.31 bits per heavy atom. The molecule has 0 aliphatic carbocycles. The molecule has 0 saturated carbocycles. The van der Waals surface area contributed by atoms with Gasteiger partial charge in [-0.05, 0) is 13.0 Å². The van der Waals surface area contributed by atoms with E-state index in [2.05, 4.69) is 43.5 Å². The minimum atomic E-state index is -1.12. The van der Waals surface area contributed by atoms with Crippen LogP contribution in [0.1, 0.15) is 6.42 Å². The lowest BCUT2D eigenvalue weighted by Gasteiger charge is -2.43. The first-order valence-corrected chi connectivity index (χ1v) is 12.5. The highest BCUT2D eigenvalue weighted by atomic mass is 35.5. The van der Waals surface area contributed by atoms with Crippen LogP contribution in [0.2, 0.25) is 39.3 Å². The lowest BCUT2D eigenvalue weighted by Crippen LogP contribution is -2.59. The van der Waals surface area contributed by atoms with E-state index in [0.29, 0.717) is 0 Å². The lowest BCUT2D eigenvalue weighted by atomic mass is 10.5.